The van der Waals surface area contributed by atoms with Crippen LogP contribution in [-0.2, 0) is 0 Å². The standard InChI is InChI=1S/C13H18ClNO/c1-4-10(2)15(3)9-13(16)11-5-7-12(14)8-6-11/h5-8,10H,4,9H2,1-3H3. The summed E-state index contributed by atoms with van der Waals surface area (Å²) < 4.78 is 0. The molecule has 0 heterocycles. The first-order chi connectivity index (χ1) is 7.54. The summed E-state index contributed by atoms with van der Waals surface area (Å²) in [4.78, 5) is 14.0. The van der Waals surface area contributed by atoms with Gasteiger partial charge in [0.15, 0.2) is 5.78 Å². The van der Waals surface area contributed by atoms with E-state index in [1.807, 2.05) is 7.05 Å². The number of hydrogen-bond donors (Lipinski definition) is 0. The van der Waals surface area contributed by atoms with E-state index in [4.69, 9.17) is 11.6 Å². The van der Waals surface area contributed by atoms with Crippen molar-refractivity contribution in [3.05, 3.63) is 34.9 Å². The molecule has 1 rings (SSSR count). The van der Waals surface area contributed by atoms with E-state index in [1.165, 1.54) is 0 Å². The summed E-state index contributed by atoms with van der Waals surface area (Å²) in [6.45, 7) is 4.69. The molecule has 0 amide bonds. The van der Waals surface area contributed by atoms with Crippen molar-refractivity contribution in [2.24, 2.45) is 0 Å². The first kappa shape index (κ1) is 13.2. The van der Waals surface area contributed by atoms with Gasteiger partial charge in [-0.3, -0.25) is 9.69 Å². The number of halogens is 1. The molecule has 0 aliphatic heterocycles. The average Bonchev–Trinajstić information content (AvgIpc) is 2.28. The fourth-order valence-electron chi connectivity index (χ4n) is 1.42. The van der Waals surface area contributed by atoms with E-state index in [-0.39, 0.29) is 5.78 Å². The first-order valence-electron chi connectivity index (χ1n) is 5.53. The molecule has 0 spiro atoms. The molecular formula is C13H18ClNO. The number of rotatable bonds is 5. The van der Waals surface area contributed by atoms with Crippen molar-refractivity contribution in [1.29, 1.82) is 0 Å². The molecule has 0 aliphatic rings. The Balaban J connectivity index is 2.62. The summed E-state index contributed by atoms with van der Waals surface area (Å²) in [7, 11) is 1.97. The number of carbonyl (C=O) groups excluding carboxylic acids is 1. The van der Waals surface area contributed by atoms with Gasteiger partial charge in [0.25, 0.3) is 0 Å². The minimum Gasteiger partial charge on any atom is -0.296 e. The lowest BCUT2D eigenvalue weighted by atomic mass is 10.1. The first-order valence-corrected chi connectivity index (χ1v) is 5.91. The summed E-state index contributed by atoms with van der Waals surface area (Å²) in [5.41, 5.74) is 0.722. The number of benzene rings is 1. The smallest absolute Gasteiger partial charge is 0.176 e. The maximum Gasteiger partial charge on any atom is 0.176 e. The fraction of sp³-hybridized carbons (Fsp3) is 0.462. The Labute approximate surface area is 102 Å². The van der Waals surface area contributed by atoms with Crippen LogP contribution in [0.2, 0.25) is 5.02 Å². The van der Waals surface area contributed by atoms with Gasteiger partial charge in [-0.05, 0) is 44.7 Å². The van der Waals surface area contributed by atoms with Crippen molar-refractivity contribution >= 4 is 17.4 Å². The van der Waals surface area contributed by atoms with Crippen LogP contribution >= 0.6 is 11.6 Å². The van der Waals surface area contributed by atoms with Crippen molar-refractivity contribution < 1.29 is 4.79 Å². The monoisotopic (exact) mass is 239 g/mol. The number of Topliss-reactive ketones (excluding diaryl/α,β-unsaturated/α-hetero) is 1. The largest absolute Gasteiger partial charge is 0.296 e. The van der Waals surface area contributed by atoms with Gasteiger partial charge < -0.3 is 0 Å². The van der Waals surface area contributed by atoms with Crippen LogP contribution in [0.1, 0.15) is 30.6 Å². The summed E-state index contributed by atoms with van der Waals surface area (Å²) in [6.07, 6.45) is 1.05. The lowest BCUT2D eigenvalue weighted by Gasteiger charge is -2.22. The molecule has 1 atom stereocenters. The van der Waals surface area contributed by atoms with E-state index >= 15 is 0 Å². The Morgan fingerprint density at radius 2 is 1.94 bits per heavy atom. The zero-order chi connectivity index (χ0) is 12.1. The molecule has 0 saturated heterocycles. The van der Waals surface area contributed by atoms with Crippen LogP contribution < -0.4 is 0 Å². The van der Waals surface area contributed by atoms with Gasteiger partial charge in [-0.25, -0.2) is 0 Å². The van der Waals surface area contributed by atoms with Gasteiger partial charge in [0, 0.05) is 16.6 Å². The Morgan fingerprint density at radius 1 is 1.38 bits per heavy atom. The van der Waals surface area contributed by atoms with Crippen LogP contribution in [0, 0.1) is 0 Å². The topological polar surface area (TPSA) is 20.3 Å². The highest BCUT2D eigenvalue weighted by Gasteiger charge is 2.12. The summed E-state index contributed by atoms with van der Waals surface area (Å²) in [6, 6.07) is 7.47. The SMILES string of the molecule is CCC(C)N(C)CC(=O)c1ccc(Cl)cc1. The molecule has 0 aromatic heterocycles. The molecule has 3 heteroatoms. The second-order valence-corrected chi connectivity index (χ2v) is 4.54. The summed E-state index contributed by atoms with van der Waals surface area (Å²) in [5.74, 6) is 0.138. The van der Waals surface area contributed by atoms with Crippen molar-refractivity contribution in [2.75, 3.05) is 13.6 Å². The van der Waals surface area contributed by atoms with Crippen LogP contribution in [0.5, 0.6) is 0 Å². The van der Waals surface area contributed by atoms with Gasteiger partial charge in [0.1, 0.15) is 0 Å². The van der Waals surface area contributed by atoms with Gasteiger partial charge in [-0.2, -0.15) is 0 Å². The van der Waals surface area contributed by atoms with E-state index in [1.54, 1.807) is 24.3 Å². The number of nitrogens with zero attached hydrogens (tertiary/aromatic N) is 1. The van der Waals surface area contributed by atoms with E-state index in [0.29, 0.717) is 17.6 Å². The van der Waals surface area contributed by atoms with Crippen LogP contribution in [0.4, 0.5) is 0 Å². The molecule has 0 saturated carbocycles. The molecule has 0 aliphatic carbocycles. The van der Waals surface area contributed by atoms with E-state index in [2.05, 4.69) is 18.7 Å². The van der Waals surface area contributed by atoms with Gasteiger partial charge >= 0.3 is 0 Å². The predicted octanol–water partition coefficient (Wildman–Crippen LogP) is 3.25. The van der Waals surface area contributed by atoms with Crippen molar-refractivity contribution in [3.63, 3.8) is 0 Å². The molecule has 0 bridgehead atoms. The third-order valence-corrected chi connectivity index (χ3v) is 3.15. The van der Waals surface area contributed by atoms with Crippen molar-refractivity contribution in [2.45, 2.75) is 26.3 Å². The molecule has 16 heavy (non-hydrogen) atoms. The second kappa shape index (κ2) is 6.02. The van der Waals surface area contributed by atoms with Gasteiger partial charge in [0.05, 0.1) is 6.54 Å². The third kappa shape index (κ3) is 3.62. The molecule has 88 valence electrons. The molecule has 1 aromatic carbocycles. The minimum atomic E-state index is 0.138. The maximum absolute atomic E-state index is 11.9. The number of ketones is 1. The molecular weight excluding hydrogens is 222 g/mol. The number of hydrogen-bond acceptors (Lipinski definition) is 2. The Hall–Kier alpha value is -0.860. The maximum atomic E-state index is 11.9. The highest BCUT2D eigenvalue weighted by molar-refractivity contribution is 6.30. The summed E-state index contributed by atoms with van der Waals surface area (Å²) in [5, 5.41) is 0.659. The molecule has 2 nitrogen and oxygen atoms in total. The molecule has 0 radical (unpaired) electrons. The second-order valence-electron chi connectivity index (χ2n) is 4.10. The predicted molar refractivity (Wildman–Crippen MR) is 68.2 cm³/mol. The van der Waals surface area contributed by atoms with Crippen molar-refractivity contribution in [3.8, 4) is 0 Å². The normalized spacial score (nSPS) is 12.8. The fourth-order valence-corrected chi connectivity index (χ4v) is 1.55. The van der Waals surface area contributed by atoms with Gasteiger partial charge in [-0.15, -0.1) is 0 Å². The zero-order valence-corrected chi connectivity index (χ0v) is 10.8. The van der Waals surface area contributed by atoms with Gasteiger partial charge in [-0.1, -0.05) is 18.5 Å². The molecule has 1 unspecified atom stereocenters. The zero-order valence-electron chi connectivity index (χ0n) is 10.0. The van der Waals surface area contributed by atoms with Crippen LogP contribution in [0.3, 0.4) is 0 Å². The van der Waals surface area contributed by atoms with Crippen LogP contribution in [0.25, 0.3) is 0 Å². The van der Waals surface area contributed by atoms with E-state index in [0.717, 1.165) is 12.0 Å². The van der Waals surface area contributed by atoms with Crippen LogP contribution in [0.15, 0.2) is 24.3 Å². The Bertz CT molecular complexity index is 347. The lowest BCUT2D eigenvalue weighted by Crippen LogP contribution is -2.33. The van der Waals surface area contributed by atoms with E-state index in [9.17, 15) is 4.79 Å². The van der Waals surface area contributed by atoms with Gasteiger partial charge in [0.2, 0.25) is 0 Å². The highest BCUT2D eigenvalue weighted by Crippen LogP contribution is 2.11. The van der Waals surface area contributed by atoms with Crippen LogP contribution in [-0.4, -0.2) is 30.3 Å². The quantitative estimate of drug-likeness (QED) is 0.736. The lowest BCUT2D eigenvalue weighted by molar-refractivity contribution is 0.0923. The Kier molecular flexibility index (Phi) is 4.97. The molecule has 0 fully saturated rings. The van der Waals surface area contributed by atoms with Crippen molar-refractivity contribution in [1.82, 2.24) is 4.90 Å². The summed E-state index contributed by atoms with van der Waals surface area (Å²) >= 11 is 5.77. The number of likely N-dealkylation sites (N-methyl/N-ethyl adjacent to an activating group) is 1. The highest BCUT2D eigenvalue weighted by atomic mass is 35.5. The average molecular weight is 240 g/mol. The Morgan fingerprint density at radius 3 is 2.44 bits per heavy atom. The van der Waals surface area contributed by atoms with E-state index < -0.39 is 0 Å². The molecule has 0 N–H and O–H groups in total. The minimum absolute atomic E-state index is 0.138. The molecule has 1 aromatic rings. The third-order valence-electron chi connectivity index (χ3n) is 2.90. The number of carbonyl (C=O) groups is 1.